The zero-order valence-corrected chi connectivity index (χ0v) is 49.3. The lowest BCUT2D eigenvalue weighted by Gasteiger charge is -2.48. The largest absolute Gasteiger partial charge is 0.394 e. The van der Waals surface area contributed by atoms with E-state index < -0.39 is 124 Å². The monoisotopic (exact) mass is 1160 g/mol. The maximum absolute atomic E-state index is 13.1. The minimum atomic E-state index is -1.98. The molecule has 0 radical (unpaired) electrons. The Morgan fingerprint density at radius 2 is 0.840 bits per heavy atom. The number of rotatable bonds is 46. The molecule has 17 unspecified atom stereocenters. The second-order valence-electron chi connectivity index (χ2n) is 22.5. The zero-order chi connectivity index (χ0) is 59.0. The van der Waals surface area contributed by atoms with Gasteiger partial charge in [0.1, 0.15) is 73.2 Å². The summed E-state index contributed by atoms with van der Waals surface area (Å²) in [7, 11) is 0. The number of hydrogen-bond donors (Lipinski definition) is 12. The first kappa shape index (κ1) is 73.0. The topological polar surface area (TPSA) is 307 Å². The normalized spacial score (nSPS) is 30.1. The molecular formula is C62H111NO18. The van der Waals surface area contributed by atoms with Crippen LogP contribution in [-0.4, -0.2) is 193 Å². The third-order valence-electron chi connectivity index (χ3n) is 15.6. The summed E-state index contributed by atoms with van der Waals surface area (Å²) in [4.78, 5) is 13.1. The number of carbonyl (C=O) groups excluding carboxylic acids is 1. The van der Waals surface area contributed by atoms with Crippen molar-refractivity contribution >= 4 is 5.91 Å². The summed E-state index contributed by atoms with van der Waals surface area (Å²) < 4.78 is 34.0. The van der Waals surface area contributed by atoms with Gasteiger partial charge in [-0.2, -0.15) is 0 Å². The minimum Gasteiger partial charge on any atom is -0.394 e. The highest BCUT2D eigenvalue weighted by Gasteiger charge is 2.53. The van der Waals surface area contributed by atoms with Gasteiger partial charge in [-0.3, -0.25) is 4.79 Å². The summed E-state index contributed by atoms with van der Waals surface area (Å²) in [5.74, 6) is -0.288. The quantitative estimate of drug-likeness (QED) is 0.0236. The van der Waals surface area contributed by atoms with Gasteiger partial charge >= 0.3 is 0 Å². The first-order valence-corrected chi connectivity index (χ1v) is 31.4. The van der Waals surface area contributed by atoms with Crippen molar-refractivity contribution in [3.63, 3.8) is 0 Å². The fourth-order valence-electron chi connectivity index (χ4n) is 10.4. The summed E-state index contributed by atoms with van der Waals surface area (Å²) in [5.41, 5.74) is 0. The highest BCUT2D eigenvalue weighted by Crippen LogP contribution is 2.33. The van der Waals surface area contributed by atoms with Crippen molar-refractivity contribution in [1.82, 2.24) is 5.32 Å². The molecule has 3 fully saturated rings. The van der Waals surface area contributed by atoms with E-state index in [4.69, 9.17) is 28.4 Å². The number of aliphatic hydroxyl groups is 11. The van der Waals surface area contributed by atoms with Crippen LogP contribution in [0.4, 0.5) is 0 Å². The number of nitrogens with one attached hydrogen (secondary N) is 1. The van der Waals surface area contributed by atoms with Gasteiger partial charge in [-0.15, -0.1) is 0 Å². The Morgan fingerprint density at radius 1 is 0.444 bits per heavy atom. The van der Waals surface area contributed by atoms with E-state index in [-0.39, 0.29) is 18.9 Å². The van der Waals surface area contributed by atoms with Crippen molar-refractivity contribution in [3.8, 4) is 0 Å². The van der Waals surface area contributed by atoms with E-state index in [1.165, 1.54) is 135 Å². The molecule has 3 aliphatic rings. The van der Waals surface area contributed by atoms with Crippen LogP contribution in [-0.2, 0) is 33.2 Å². The van der Waals surface area contributed by atoms with Gasteiger partial charge in [0.2, 0.25) is 5.91 Å². The number of amides is 1. The summed E-state index contributed by atoms with van der Waals surface area (Å²) >= 11 is 0. The summed E-state index contributed by atoms with van der Waals surface area (Å²) in [6.07, 6.45) is 25.4. The molecule has 3 saturated heterocycles. The van der Waals surface area contributed by atoms with Crippen molar-refractivity contribution in [2.45, 2.75) is 311 Å². The lowest BCUT2D eigenvalue weighted by Crippen LogP contribution is -2.66. The van der Waals surface area contributed by atoms with Crippen LogP contribution in [0.3, 0.4) is 0 Å². The lowest BCUT2D eigenvalue weighted by atomic mass is 9.96. The number of hydrogen-bond acceptors (Lipinski definition) is 18. The van der Waals surface area contributed by atoms with Gasteiger partial charge in [-0.25, -0.2) is 0 Å². The van der Waals surface area contributed by atoms with Crippen LogP contribution in [0, 0.1) is 0 Å². The third kappa shape index (κ3) is 28.7. The Balaban J connectivity index is 1.25. The van der Waals surface area contributed by atoms with Gasteiger partial charge < -0.3 is 89.9 Å². The van der Waals surface area contributed by atoms with Gasteiger partial charge in [0.15, 0.2) is 18.9 Å². The molecular weight excluding hydrogens is 1050 g/mol. The van der Waals surface area contributed by atoms with Gasteiger partial charge in [0.25, 0.3) is 0 Å². The number of ether oxygens (including phenoxy) is 6. The molecule has 0 aromatic heterocycles. The molecule has 17 atom stereocenters. The standard InChI is InChI=1S/C62H111NO18/c1-3-5-7-8-9-10-11-12-13-14-15-16-17-18-19-20-21-22-23-24-25-26-27-28-29-30-31-32-33-34-35-36-38-40-50(68)63-45(46(67)39-37-6-4-2)44-76-60-56(74)53(71)58(48(42-65)78-60)81-62-57(75)54(72)59(49(43-66)79-62)80-61-55(73)52(70)51(69)47(41-64)77-61/h11-12,14-15,17-18,37,39,45-49,51-62,64-67,69-75H,3-10,13,16,19-36,38,40-44H2,1-2H3,(H,63,68)/b12-11-,15-14-,18-17-,39-37+. The SMILES string of the molecule is CCC/C=C/C(O)C(COC1OC(CO)C(OC2OC(CO)C(OC3OC(CO)C(O)C(O)C3O)C(O)C2O)C(O)C1O)NC(=O)CCCCCCCCCCCCCCCCCCCC/C=C\C/C=C\C/C=C\CCCCCCC. The second-order valence-corrected chi connectivity index (χ2v) is 22.5. The van der Waals surface area contributed by atoms with Crippen molar-refractivity contribution in [1.29, 1.82) is 0 Å². The molecule has 12 N–H and O–H groups in total. The number of unbranched alkanes of at least 4 members (excludes halogenated alkanes) is 24. The molecule has 0 bridgehead atoms. The maximum atomic E-state index is 13.1. The Bertz CT molecular complexity index is 1670. The molecule has 81 heavy (non-hydrogen) atoms. The fourth-order valence-corrected chi connectivity index (χ4v) is 10.4. The predicted octanol–water partition coefficient (Wildman–Crippen LogP) is 6.26. The van der Waals surface area contributed by atoms with Crippen LogP contribution in [0.25, 0.3) is 0 Å². The summed E-state index contributed by atoms with van der Waals surface area (Å²) in [6.45, 7) is 1.47. The molecule has 0 saturated carbocycles. The van der Waals surface area contributed by atoms with Crippen LogP contribution < -0.4 is 5.32 Å². The maximum Gasteiger partial charge on any atom is 0.220 e. The first-order valence-electron chi connectivity index (χ1n) is 31.4. The molecule has 3 aliphatic heterocycles. The van der Waals surface area contributed by atoms with Crippen LogP contribution >= 0.6 is 0 Å². The van der Waals surface area contributed by atoms with E-state index in [0.717, 1.165) is 38.5 Å². The van der Waals surface area contributed by atoms with Crippen molar-refractivity contribution in [3.05, 3.63) is 48.6 Å². The van der Waals surface area contributed by atoms with Crippen LogP contribution in [0.2, 0.25) is 0 Å². The number of allylic oxidation sites excluding steroid dienone is 7. The van der Waals surface area contributed by atoms with Crippen molar-refractivity contribution in [2.24, 2.45) is 0 Å². The Hall–Kier alpha value is -2.25. The smallest absolute Gasteiger partial charge is 0.220 e. The lowest BCUT2D eigenvalue weighted by molar-refractivity contribution is -0.379. The van der Waals surface area contributed by atoms with Crippen LogP contribution in [0.5, 0.6) is 0 Å². The minimum absolute atomic E-state index is 0.241. The van der Waals surface area contributed by atoms with Crippen LogP contribution in [0.15, 0.2) is 48.6 Å². The molecule has 19 heteroatoms. The van der Waals surface area contributed by atoms with Gasteiger partial charge in [-0.05, 0) is 51.4 Å². The fraction of sp³-hybridized carbons (Fsp3) is 0.855. The van der Waals surface area contributed by atoms with Gasteiger partial charge in [-0.1, -0.05) is 197 Å². The third-order valence-corrected chi connectivity index (χ3v) is 15.6. The number of carbonyl (C=O) groups is 1. The molecule has 3 heterocycles. The predicted molar refractivity (Wildman–Crippen MR) is 309 cm³/mol. The van der Waals surface area contributed by atoms with E-state index in [1.54, 1.807) is 12.2 Å². The van der Waals surface area contributed by atoms with E-state index in [9.17, 15) is 61.0 Å². The highest BCUT2D eigenvalue weighted by molar-refractivity contribution is 5.76. The summed E-state index contributed by atoms with van der Waals surface area (Å²) in [5, 5.41) is 119. The second kappa shape index (κ2) is 45.1. The van der Waals surface area contributed by atoms with E-state index in [0.29, 0.717) is 12.8 Å². The van der Waals surface area contributed by atoms with Gasteiger partial charge in [0.05, 0.1) is 38.6 Å². The Morgan fingerprint density at radius 3 is 1.30 bits per heavy atom. The first-order chi connectivity index (χ1) is 39.3. The van der Waals surface area contributed by atoms with Crippen LogP contribution in [0.1, 0.15) is 206 Å². The molecule has 0 spiro atoms. The molecule has 472 valence electrons. The van der Waals surface area contributed by atoms with Crippen molar-refractivity contribution < 1.29 is 89.4 Å². The Labute approximate surface area is 484 Å². The van der Waals surface area contributed by atoms with E-state index in [1.807, 2.05) is 6.92 Å². The molecule has 0 aromatic rings. The summed E-state index contributed by atoms with van der Waals surface area (Å²) in [6, 6.07) is -0.968. The molecule has 0 aliphatic carbocycles. The molecule has 0 aromatic carbocycles. The van der Waals surface area contributed by atoms with E-state index in [2.05, 4.69) is 48.7 Å². The highest BCUT2D eigenvalue weighted by atomic mass is 16.8. The Kier molecular flexibility index (Phi) is 40.7. The molecule has 3 rings (SSSR count). The molecule has 19 nitrogen and oxygen atoms in total. The average Bonchev–Trinajstić information content (AvgIpc) is 3.58. The zero-order valence-electron chi connectivity index (χ0n) is 49.3. The number of aliphatic hydroxyl groups excluding tert-OH is 11. The average molecular weight is 1160 g/mol. The van der Waals surface area contributed by atoms with E-state index >= 15 is 0 Å². The van der Waals surface area contributed by atoms with Crippen molar-refractivity contribution in [2.75, 3.05) is 26.4 Å². The van der Waals surface area contributed by atoms with Gasteiger partial charge in [0, 0.05) is 6.42 Å². The molecule has 1 amide bonds.